The highest BCUT2D eigenvalue weighted by Crippen LogP contribution is 2.23. The lowest BCUT2D eigenvalue weighted by atomic mass is 9.88. The number of H-pyrrole nitrogens is 1. The Morgan fingerprint density at radius 1 is 1.33 bits per heavy atom. The molecular formula is C16H20N4O. The number of anilines is 1. The molecule has 0 saturated carbocycles. The fraction of sp³-hybridized carbons (Fsp3) is 0.375. The monoisotopic (exact) mass is 284 g/mol. The number of nitrogens with one attached hydrogen (secondary N) is 2. The Kier molecular flexibility index (Phi) is 4.49. The molecule has 0 spiro atoms. The first kappa shape index (κ1) is 14.9. The molecule has 110 valence electrons. The Morgan fingerprint density at radius 3 is 2.62 bits per heavy atom. The number of nitrogens with zero attached hydrogens (tertiary/aromatic N) is 2. The minimum Gasteiger partial charge on any atom is -0.385 e. The van der Waals surface area contributed by atoms with Gasteiger partial charge in [-0.1, -0.05) is 13.8 Å². The summed E-state index contributed by atoms with van der Waals surface area (Å²) in [6, 6.07) is 9.90. The van der Waals surface area contributed by atoms with Gasteiger partial charge in [0.15, 0.2) is 0 Å². The van der Waals surface area contributed by atoms with E-state index < -0.39 is 0 Å². The zero-order valence-corrected chi connectivity index (χ0v) is 12.4. The first-order valence-electron chi connectivity index (χ1n) is 6.99. The fourth-order valence-electron chi connectivity index (χ4n) is 2.09. The van der Waals surface area contributed by atoms with Crippen molar-refractivity contribution >= 4 is 5.69 Å². The summed E-state index contributed by atoms with van der Waals surface area (Å²) in [6.07, 6.45) is 4.76. The van der Waals surface area contributed by atoms with E-state index in [1.807, 2.05) is 24.3 Å². The molecule has 5 nitrogen and oxygen atoms in total. The molecule has 1 aromatic carbocycles. The lowest BCUT2D eigenvalue weighted by molar-refractivity contribution is 0.364. The van der Waals surface area contributed by atoms with Crippen molar-refractivity contribution in [2.75, 3.05) is 11.9 Å². The fourth-order valence-corrected chi connectivity index (χ4v) is 2.09. The Labute approximate surface area is 124 Å². The maximum absolute atomic E-state index is 11.5. The number of hydrogen-bond donors (Lipinski definition) is 2. The predicted octanol–water partition coefficient (Wildman–Crippen LogP) is 2.91. The SMILES string of the molecule is CC(C)(CCC#N)CNc1ccc(-n2cc[nH]c2=O)cc1. The average Bonchev–Trinajstić information content (AvgIpc) is 2.90. The lowest BCUT2D eigenvalue weighted by Crippen LogP contribution is -2.22. The van der Waals surface area contributed by atoms with Gasteiger partial charge in [-0.05, 0) is 36.1 Å². The second-order valence-corrected chi connectivity index (χ2v) is 5.86. The van der Waals surface area contributed by atoms with E-state index in [2.05, 4.69) is 30.2 Å². The molecule has 1 aromatic heterocycles. The number of rotatable bonds is 6. The number of nitriles is 1. The maximum Gasteiger partial charge on any atom is 0.330 e. The van der Waals surface area contributed by atoms with E-state index in [4.69, 9.17) is 5.26 Å². The second-order valence-electron chi connectivity index (χ2n) is 5.86. The number of benzene rings is 1. The molecule has 0 radical (unpaired) electrons. The van der Waals surface area contributed by atoms with Crippen molar-refractivity contribution in [3.8, 4) is 11.8 Å². The number of imidazole rings is 1. The summed E-state index contributed by atoms with van der Waals surface area (Å²) in [5.41, 5.74) is 1.77. The number of aromatic amines is 1. The van der Waals surface area contributed by atoms with Gasteiger partial charge in [0.05, 0.1) is 11.8 Å². The van der Waals surface area contributed by atoms with Crippen LogP contribution in [-0.4, -0.2) is 16.1 Å². The zero-order valence-electron chi connectivity index (χ0n) is 12.4. The van der Waals surface area contributed by atoms with E-state index in [-0.39, 0.29) is 11.1 Å². The zero-order chi connectivity index (χ0) is 15.3. The molecule has 0 amide bonds. The average molecular weight is 284 g/mol. The highest BCUT2D eigenvalue weighted by Gasteiger charge is 2.16. The van der Waals surface area contributed by atoms with E-state index in [0.29, 0.717) is 6.42 Å². The topological polar surface area (TPSA) is 73.6 Å². The second kappa shape index (κ2) is 6.31. The molecule has 0 fully saturated rings. The third kappa shape index (κ3) is 3.99. The molecule has 0 unspecified atom stereocenters. The number of hydrogen-bond acceptors (Lipinski definition) is 3. The van der Waals surface area contributed by atoms with Crippen LogP contribution in [0.4, 0.5) is 5.69 Å². The quantitative estimate of drug-likeness (QED) is 0.856. The van der Waals surface area contributed by atoms with E-state index in [9.17, 15) is 4.79 Å². The summed E-state index contributed by atoms with van der Waals surface area (Å²) in [5.74, 6) is 0. The summed E-state index contributed by atoms with van der Waals surface area (Å²) >= 11 is 0. The molecule has 0 aliphatic rings. The third-order valence-electron chi connectivity index (χ3n) is 3.48. The largest absolute Gasteiger partial charge is 0.385 e. The van der Waals surface area contributed by atoms with Crippen molar-refractivity contribution in [1.29, 1.82) is 5.26 Å². The van der Waals surface area contributed by atoms with Crippen LogP contribution in [0.25, 0.3) is 5.69 Å². The Hall–Kier alpha value is -2.48. The standard InChI is InChI=1S/C16H20N4O/c1-16(2,8-3-9-17)12-19-13-4-6-14(7-5-13)20-11-10-18-15(20)21/h4-7,10-11,19H,3,8,12H2,1-2H3,(H,18,21). The Balaban J connectivity index is 1.99. The van der Waals surface area contributed by atoms with Gasteiger partial charge < -0.3 is 10.3 Å². The van der Waals surface area contributed by atoms with Gasteiger partial charge in [0.2, 0.25) is 0 Å². The summed E-state index contributed by atoms with van der Waals surface area (Å²) in [7, 11) is 0. The van der Waals surface area contributed by atoms with Crippen molar-refractivity contribution in [3.05, 3.63) is 47.1 Å². The summed E-state index contributed by atoms with van der Waals surface area (Å²) in [4.78, 5) is 14.1. The van der Waals surface area contributed by atoms with Gasteiger partial charge in [0.1, 0.15) is 0 Å². The minimum atomic E-state index is -0.145. The van der Waals surface area contributed by atoms with Crippen LogP contribution < -0.4 is 11.0 Å². The van der Waals surface area contributed by atoms with Gasteiger partial charge in [0.25, 0.3) is 0 Å². The van der Waals surface area contributed by atoms with Crippen LogP contribution in [0, 0.1) is 16.7 Å². The smallest absolute Gasteiger partial charge is 0.330 e. The molecule has 2 aromatic rings. The Bertz CT molecular complexity index is 673. The van der Waals surface area contributed by atoms with Crippen LogP contribution in [0.5, 0.6) is 0 Å². The highest BCUT2D eigenvalue weighted by atomic mass is 16.1. The van der Waals surface area contributed by atoms with E-state index in [0.717, 1.165) is 24.3 Å². The summed E-state index contributed by atoms with van der Waals surface area (Å²) < 4.78 is 1.56. The highest BCUT2D eigenvalue weighted by molar-refractivity contribution is 5.48. The predicted molar refractivity (Wildman–Crippen MR) is 83.5 cm³/mol. The van der Waals surface area contributed by atoms with Crippen molar-refractivity contribution in [2.45, 2.75) is 26.7 Å². The number of aromatic nitrogens is 2. The van der Waals surface area contributed by atoms with E-state index in [1.165, 1.54) is 0 Å². The Morgan fingerprint density at radius 2 is 2.05 bits per heavy atom. The van der Waals surface area contributed by atoms with Crippen molar-refractivity contribution in [3.63, 3.8) is 0 Å². The molecule has 5 heteroatoms. The molecule has 0 aliphatic carbocycles. The molecule has 0 saturated heterocycles. The normalized spacial score (nSPS) is 11.1. The first-order chi connectivity index (χ1) is 10.0. The van der Waals surface area contributed by atoms with Gasteiger partial charge in [-0.25, -0.2) is 4.79 Å². The van der Waals surface area contributed by atoms with Crippen LogP contribution >= 0.6 is 0 Å². The lowest BCUT2D eigenvalue weighted by Gasteiger charge is -2.24. The molecule has 21 heavy (non-hydrogen) atoms. The van der Waals surface area contributed by atoms with Gasteiger partial charge >= 0.3 is 5.69 Å². The van der Waals surface area contributed by atoms with Crippen LogP contribution in [-0.2, 0) is 0 Å². The summed E-state index contributed by atoms with van der Waals surface area (Å²) in [5, 5.41) is 12.0. The summed E-state index contributed by atoms with van der Waals surface area (Å²) in [6.45, 7) is 5.09. The molecule has 0 bridgehead atoms. The maximum atomic E-state index is 11.5. The van der Waals surface area contributed by atoms with E-state index in [1.54, 1.807) is 17.0 Å². The van der Waals surface area contributed by atoms with E-state index >= 15 is 0 Å². The van der Waals surface area contributed by atoms with Crippen molar-refractivity contribution in [2.24, 2.45) is 5.41 Å². The molecular weight excluding hydrogens is 264 g/mol. The van der Waals surface area contributed by atoms with Crippen LogP contribution in [0.2, 0.25) is 0 Å². The molecule has 2 rings (SSSR count). The van der Waals surface area contributed by atoms with Gasteiger partial charge in [0, 0.05) is 31.0 Å². The molecule has 0 aliphatic heterocycles. The third-order valence-corrected chi connectivity index (χ3v) is 3.48. The van der Waals surface area contributed by atoms with Crippen molar-refractivity contribution < 1.29 is 0 Å². The molecule has 2 N–H and O–H groups in total. The van der Waals surface area contributed by atoms with Gasteiger partial charge in [-0.15, -0.1) is 0 Å². The van der Waals surface area contributed by atoms with Crippen molar-refractivity contribution in [1.82, 2.24) is 9.55 Å². The van der Waals surface area contributed by atoms with Crippen LogP contribution in [0.15, 0.2) is 41.5 Å². The molecule has 0 atom stereocenters. The van der Waals surface area contributed by atoms with Gasteiger partial charge in [-0.3, -0.25) is 4.57 Å². The van der Waals surface area contributed by atoms with Gasteiger partial charge in [-0.2, -0.15) is 5.26 Å². The molecule has 1 heterocycles. The van der Waals surface area contributed by atoms with Crippen LogP contribution in [0.1, 0.15) is 26.7 Å². The minimum absolute atomic E-state index is 0.0754. The first-order valence-corrected chi connectivity index (χ1v) is 6.99. The van der Waals surface area contributed by atoms with Crippen LogP contribution in [0.3, 0.4) is 0 Å².